The van der Waals surface area contributed by atoms with E-state index in [0.717, 1.165) is 18.4 Å². The quantitative estimate of drug-likeness (QED) is 0.717. The summed E-state index contributed by atoms with van der Waals surface area (Å²) in [5, 5.41) is 11.1. The molecule has 1 aromatic rings. The maximum absolute atomic E-state index is 11.5. The van der Waals surface area contributed by atoms with Crippen molar-refractivity contribution in [3.8, 4) is 0 Å². The third-order valence-electron chi connectivity index (χ3n) is 2.89. The van der Waals surface area contributed by atoms with Gasteiger partial charge in [0, 0.05) is 13.0 Å². The van der Waals surface area contributed by atoms with Crippen molar-refractivity contribution < 1.29 is 19.4 Å². The van der Waals surface area contributed by atoms with Crippen LogP contribution in [0.2, 0.25) is 0 Å². The molecule has 20 heavy (non-hydrogen) atoms. The van der Waals surface area contributed by atoms with E-state index in [0.29, 0.717) is 13.0 Å². The van der Waals surface area contributed by atoms with E-state index in [4.69, 9.17) is 9.84 Å². The minimum Gasteiger partial charge on any atom is -0.481 e. The molecule has 110 valence electrons. The molecular formula is C15H21NO4. The van der Waals surface area contributed by atoms with Gasteiger partial charge in [0.2, 0.25) is 0 Å². The lowest BCUT2D eigenvalue weighted by molar-refractivity contribution is -0.137. The molecule has 0 bridgehead atoms. The van der Waals surface area contributed by atoms with Crippen molar-refractivity contribution >= 4 is 12.1 Å². The summed E-state index contributed by atoms with van der Waals surface area (Å²) in [6, 6.07) is 9.52. The van der Waals surface area contributed by atoms with E-state index in [2.05, 4.69) is 5.32 Å². The number of hydrogen-bond donors (Lipinski definition) is 2. The highest BCUT2D eigenvalue weighted by Gasteiger charge is 2.10. The fraction of sp³-hybridized carbons (Fsp3) is 0.467. The van der Waals surface area contributed by atoms with E-state index in [1.807, 2.05) is 37.3 Å². The largest absolute Gasteiger partial charge is 0.481 e. The SMILES string of the molecule is CC(OC(=O)NCCCCCC(=O)O)c1ccccc1. The van der Waals surface area contributed by atoms with E-state index < -0.39 is 12.1 Å². The summed E-state index contributed by atoms with van der Waals surface area (Å²) >= 11 is 0. The van der Waals surface area contributed by atoms with Gasteiger partial charge in [-0.1, -0.05) is 36.8 Å². The number of carboxylic acids is 1. The van der Waals surface area contributed by atoms with Crippen LogP contribution in [-0.2, 0) is 9.53 Å². The van der Waals surface area contributed by atoms with Crippen molar-refractivity contribution in [2.24, 2.45) is 0 Å². The zero-order valence-electron chi connectivity index (χ0n) is 11.7. The maximum atomic E-state index is 11.5. The molecule has 1 rings (SSSR count). The minimum atomic E-state index is -0.783. The Kier molecular flexibility index (Phi) is 7.17. The van der Waals surface area contributed by atoms with Crippen LogP contribution < -0.4 is 5.32 Å². The van der Waals surface area contributed by atoms with Gasteiger partial charge in [0.1, 0.15) is 6.10 Å². The summed E-state index contributed by atoms with van der Waals surface area (Å²) in [7, 11) is 0. The molecule has 0 fully saturated rings. The van der Waals surface area contributed by atoms with Crippen LogP contribution in [0.15, 0.2) is 30.3 Å². The molecule has 1 amide bonds. The smallest absolute Gasteiger partial charge is 0.407 e. The van der Waals surface area contributed by atoms with E-state index in [9.17, 15) is 9.59 Å². The molecule has 5 nitrogen and oxygen atoms in total. The molecule has 1 atom stereocenters. The number of unbranched alkanes of at least 4 members (excludes halogenated alkanes) is 2. The Bertz CT molecular complexity index is 419. The summed E-state index contributed by atoms with van der Waals surface area (Å²) in [6.07, 6.45) is 1.60. The molecule has 0 saturated carbocycles. The Labute approximate surface area is 118 Å². The zero-order valence-corrected chi connectivity index (χ0v) is 11.7. The second-order valence-electron chi connectivity index (χ2n) is 4.59. The lowest BCUT2D eigenvalue weighted by Crippen LogP contribution is -2.26. The lowest BCUT2D eigenvalue weighted by Gasteiger charge is -2.14. The highest BCUT2D eigenvalue weighted by Crippen LogP contribution is 2.15. The van der Waals surface area contributed by atoms with Crippen LogP contribution in [0.25, 0.3) is 0 Å². The van der Waals surface area contributed by atoms with Gasteiger partial charge < -0.3 is 15.2 Å². The van der Waals surface area contributed by atoms with Crippen molar-refractivity contribution in [3.63, 3.8) is 0 Å². The Morgan fingerprint density at radius 3 is 2.55 bits per heavy atom. The molecule has 0 heterocycles. The third kappa shape index (κ3) is 6.78. The first-order valence-electron chi connectivity index (χ1n) is 6.81. The molecule has 0 spiro atoms. The van der Waals surface area contributed by atoms with E-state index in [1.165, 1.54) is 0 Å². The average molecular weight is 279 g/mol. The first-order chi connectivity index (χ1) is 9.59. The number of hydrogen-bond acceptors (Lipinski definition) is 3. The standard InChI is InChI=1S/C15H21NO4/c1-12(13-8-4-2-5-9-13)20-15(19)16-11-7-3-6-10-14(17)18/h2,4-5,8-9,12H,3,6-7,10-11H2,1H3,(H,16,19)(H,17,18). The molecule has 0 aliphatic heterocycles. The van der Waals surface area contributed by atoms with Crippen molar-refractivity contribution in [3.05, 3.63) is 35.9 Å². The lowest BCUT2D eigenvalue weighted by atomic mass is 10.1. The molecule has 1 unspecified atom stereocenters. The number of aliphatic carboxylic acids is 1. The summed E-state index contributed by atoms with van der Waals surface area (Å²) in [5.74, 6) is -0.783. The molecule has 2 N–H and O–H groups in total. The van der Waals surface area contributed by atoms with Gasteiger partial charge in [0.15, 0.2) is 0 Å². The predicted molar refractivity (Wildman–Crippen MR) is 75.4 cm³/mol. The summed E-state index contributed by atoms with van der Waals surface area (Å²) in [4.78, 5) is 21.8. The van der Waals surface area contributed by atoms with Gasteiger partial charge in [-0.25, -0.2) is 4.79 Å². The van der Waals surface area contributed by atoms with Crippen LogP contribution in [0.4, 0.5) is 4.79 Å². The van der Waals surface area contributed by atoms with E-state index in [-0.39, 0.29) is 12.5 Å². The fourth-order valence-electron chi connectivity index (χ4n) is 1.76. The van der Waals surface area contributed by atoms with E-state index in [1.54, 1.807) is 0 Å². The van der Waals surface area contributed by atoms with Gasteiger partial charge in [-0.05, 0) is 25.3 Å². The number of carboxylic acid groups (broad SMARTS) is 1. The summed E-state index contributed by atoms with van der Waals surface area (Å²) < 4.78 is 5.24. The Hall–Kier alpha value is -2.04. The average Bonchev–Trinajstić information content (AvgIpc) is 2.43. The molecule has 0 aromatic heterocycles. The van der Waals surface area contributed by atoms with Crippen LogP contribution >= 0.6 is 0 Å². The molecule has 5 heteroatoms. The highest BCUT2D eigenvalue weighted by atomic mass is 16.6. The van der Waals surface area contributed by atoms with Crippen molar-refractivity contribution in [1.29, 1.82) is 0 Å². The fourth-order valence-corrected chi connectivity index (χ4v) is 1.76. The first-order valence-corrected chi connectivity index (χ1v) is 6.81. The van der Waals surface area contributed by atoms with Gasteiger partial charge in [-0.3, -0.25) is 4.79 Å². The number of amides is 1. The number of carbonyl (C=O) groups excluding carboxylic acids is 1. The van der Waals surface area contributed by atoms with Crippen LogP contribution in [0, 0.1) is 0 Å². The number of benzene rings is 1. The van der Waals surface area contributed by atoms with Crippen LogP contribution in [0.3, 0.4) is 0 Å². The molecule has 0 saturated heterocycles. The Morgan fingerprint density at radius 2 is 1.90 bits per heavy atom. The third-order valence-corrected chi connectivity index (χ3v) is 2.89. The van der Waals surface area contributed by atoms with Crippen LogP contribution in [0.5, 0.6) is 0 Å². The van der Waals surface area contributed by atoms with Crippen LogP contribution in [-0.4, -0.2) is 23.7 Å². The van der Waals surface area contributed by atoms with Crippen molar-refractivity contribution in [1.82, 2.24) is 5.32 Å². The number of alkyl carbamates (subject to hydrolysis) is 1. The second-order valence-corrected chi connectivity index (χ2v) is 4.59. The highest BCUT2D eigenvalue weighted by molar-refractivity contribution is 5.67. The number of rotatable bonds is 8. The predicted octanol–water partition coefficient (Wildman–Crippen LogP) is 3.12. The zero-order chi connectivity index (χ0) is 14.8. The molecule has 1 aromatic carbocycles. The van der Waals surface area contributed by atoms with E-state index >= 15 is 0 Å². The maximum Gasteiger partial charge on any atom is 0.407 e. The Balaban J connectivity index is 2.13. The normalized spacial score (nSPS) is 11.7. The minimum absolute atomic E-state index is 0.176. The number of nitrogens with one attached hydrogen (secondary N) is 1. The Morgan fingerprint density at radius 1 is 1.20 bits per heavy atom. The van der Waals surface area contributed by atoms with Crippen molar-refractivity contribution in [2.45, 2.75) is 38.7 Å². The summed E-state index contributed by atoms with van der Waals surface area (Å²) in [5.41, 5.74) is 0.948. The van der Waals surface area contributed by atoms with Gasteiger partial charge >= 0.3 is 12.1 Å². The summed E-state index contributed by atoms with van der Waals surface area (Å²) in [6.45, 7) is 2.32. The topological polar surface area (TPSA) is 75.6 Å². The van der Waals surface area contributed by atoms with Gasteiger partial charge in [0.05, 0.1) is 0 Å². The second kappa shape index (κ2) is 8.96. The molecular weight excluding hydrogens is 258 g/mol. The van der Waals surface area contributed by atoms with Gasteiger partial charge in [-0.15, -0.1) is 0 Å². The number of carbonyl (C=O) groups is 2. The molecule has 0 aliphatic rings. The molecule has 0 aliphatic carbocycles. The number of ether oxygens (including phenoxy) is 1. The monoisotopic (exact) mass is 279 g/mol. The van der Waals surface area contributed by atoms with Crippen molar-refractivity contribution in [2.75, 3.05) is 6.54 Å². The first kappa shape index (κ1) is 16.0. The van der Waals surface area contributed by atoms with Crippen LogP contribution in [0.1, 0.15) is 44.3 Å². The van der Waals surface area contributed by atoms with Gasteiger partial charge in [0.25, 0.3) is 0 Å². The molecule has 0 radical (unpaired) electrons. The van der Waals surface area contributed by atoms with Gasteiger partial charge in [-0.2, -0.15) is 0 Å².